The van der Waals surface area contributed by atoms with Crippen LogP contribution in [0, 0.1) is 0 Å². The molecule has 0 unspecified atom stereocenters. The Morgan fingerprint density at radius 3 is 2.65 bits per heavy atom. The molecule has 17 heavy (non-hydrogen) atoms. The molecule has 0 radical (unpaired) electrons. The minimum absolute atomic E-state index is 0.0360. The SMILES string of the molecule is CCc1cccc(C(=O)N(C)CC(=O)OC)c1. The normalized spacial score (nSPS) is 9.82. The first-order valence-corrected chi connectivity index (χ1v) is 5.49. The van der Waals surface area contributed by atoms with Gasteiger partial charge in [0.1, 0.15) is 6.54 Å². The molecule has 0 saturated carbocycles. The van der Waals surface area contributed by atoms with Crippen LogP contribution in [0.3, 0.4) is 0 Å². The molecule has 1 aromatic carbocycles. The zero-order chi connectivity index (χ0) is 12.8. The zero-order valence-corrected chi connectivity index (χ0v) is 10.4. The van der Waals surface area contributed by atoms with Crippen molar-refractivity contribution in [2.45, 2.75) is 13.3 Å². The van der Waals surface area contributed by atoms with Crippen molar-refractivity contribution in [3.63, 3.8) is 0 Å². The lowest BCUT2D eigenvalue weighted by Gasteiger charge is -2.15. The third kappa shape index (κ3) is 3.59. The number of methoxy groups -OCH3 is 1. The van der Waals surface area contributed by atoms with Crippen LogP contribution in [0.25, 0.3) is 0 Å². The van der Waals surface area contributed by atoms with Crippen LogP contribution in [0.1, 0.15) is 22.8 Å². The van der Waals surface area contributed by atoms with Crippen molar-refractivity contribution in [2.24, 2.45) is 0 Å². The van der Waals surface area contributed by atoms with E-state index in [1.165, 1.54) is 12.0 Å². The Hall–Kier alpha value is -1.84. The van der Waals surface area contributed by atoms with Crippen LogP contribution in [0.4, 0.5) is 0 Å². The van der Waals surface area contributed by atoms with Gasteiger partial charge >= 0.3 is 5.97 Å². The molecule has 0 bridgehead atoms. The van der Waals surface area contributed by atoms with E-state index in [0.29, 0.717) is 5.56 Å². The number of aryl methyl sites for hydroxylation is 1. The summed E-state index contributed by atoms with van der Waals surface area (Å²) in [7, 11) is 2.89. The average molecular weight is 235 g/mol. The molecule has 0 aromatic heterocycles. The van der Waals surface area contributed by atoms with E-state index < -0.39 is 5.97 Å². The topological polar surface area (TPSA) is 46.6 Å². The first-order valence-electron chi connectivity index (χ1n) is 5.49. The lowest BCUT2D eigenvalue weighted by molar-refractivity contribution is -0.141. The molecule has 0 spiro atoms. The molecule has 0 atom stereocenters. The molecular weight excluding hydrogens is 218 g/mol. The van der Waals surface area contributed by atoms with Gasteiger partial charge in [-0.05, 0) is 24.1 Å². The predicted molar refractivity (Wildman–Crippen MR) is 64.8 cm³/mol. The molecule has 4 nitrogen and oxygen atoms in total. The largest absolute Gasteiger partial charge is 0.468 e. The molecule has 4 heteroatoms. The summed E-state index contributed by atoms with van der Waals surface area (Å²) in [6.07, 6.45) is 0.877. The summed E-state index contributed by atoms with van der Waals surface area (Å²) in [6, 6.07) is 7.40. The van der Waals surface area contributed by atoms with Crippen LogP contribution < -0.4 is 0 Å². The highest BCUT2D eigenvalue weighted by atomic mass is 16.5. The summed E-state index contributed by atoms with van der Waals surface area (Å²) < 4.78 is 4.52. The van der Waals surface area contributed by atoms with Crippen LogP contribution in [0.2, 0.25) is 0 Å². The number of likely N-dealkylation sites (N-methyl/N-ethyl adjacent to an activating group) is 1. The molecule has 92 valence electrons. The van der Waals surface area contributed by atoms with E-state index in [1.54, 1.807) is 13.1 Å². The van der Waals surface area contributed by atoms with Gasteiger partial charge in [0, 0.05) is 12.6 Å². The van der Waals surface area contributed by atoms with E-state index >= 15 is 0 Å². The minimum atomic E-state index is -0.424. The average Bonchev–Trinajstić information content (AvgIpc) is 2.37. The highest BCUT2D eigenvalue weighted by Crippen LogP contribution is 2.08. The number of ether oxygens (including phenoxy) is 1. The third-order valence-electron chi connectivity index (χ3n) is 2.52. The maximum absolute atomic E-state index is 12.0. The van der Waals surface area contributed by atoms with Gasteiger partial charge in [-0.25, -0.2) is 0 Å². The smallest absolute Gasteiger partial charge is 0.325 e. The Labute approximate surface area is 101 Å². The van der Waals surface area contributed by atoms with Crippen molar-refractivity contribution in [1.29, 1.82) is 0 Å². The van der Waals surface area contributed by atoms with Gasteiger partial charge in [0.15, 0.2) is 0 Å². The predicted octanol–water partition coefficient (Wildman–Crippen LogP) is 1.49. The zero-order valence-electron chi connectivity index (χ0n) is 10.4. The molecule has 0 fully saturated rings. The monoisotopic (exact) mass is 235 g/mol. The first kappa shape index (κ1) is 13.2. The van der Waals surface area contributed by atoms with E-state index in [2.05, 4.69) is 4.74 Å². The molecule has 0 aliphatic heterocycles. The summed E-state index contributed by atoms with van der Waals surface area (Å²) in [6.45, 7) is 1.99. The summed E-state index contributed by atoms with van der Waals surface area (Å²) in [5, 5.41) is 0. The number of esters is 1. The fraction of sp³-hybridized carbons (Fsp3) is 0.385. The number of nitrogens with zero attached hydrogens (tertiary/aromatic N) is 1. The lowest BCUT2D eigenvalue weighted by Crippen LogP contribution is -2.32. The summed E-state index contributed by atoms with van der Waals surface area (Å²) >= 11 is 0. The molecule has 1 aromatic rings. The number of hydrogen-bond acceptors (Lipinski definition) is 3. The lowest BCUT2D eigenvalue weighted by atomic mass is 10.1. The Balaban J connectivity index is 2.77. The minimum Gasteiger partial charge on any atom is -0.468 e. The standard InChI is InChI=1S/C13H17NO3/c1-4-10-6-5-7-11(8-10)13(16)14(2)9-12(15)17-3/h5-8H,4,9H2,1-3H3. The molecule has 0 N–H and O–H groups in total. The van der Waals surface area contributed by atoms with Crippen molar-refractivity contribution >= 4 is 11.9 Å². The Morgan fingerprint density at radius 1 is 1.35 bits per heavy atom. The molecule has 0 aliphatic carbocycles. The summed E-state index contributed by atoms with van der Waals surface area (Å²) in [5.74, 6) is -0.599. The highest BCUT2D eigenvalue weighted by molar-refractivity contribution is 5.95. The van der Waals surface area contributed by atoms with Crippen LogP contribution in [0.15, 0.2) is 24.3 Å². The van der Waals surface area contributed by atoms with Gasteiger partial charge < -0.3 is 9.64 Å². The molecule has 0 heterocycles. The van der Waals surface area contributed by atoms with Crippen LogP contribution in [-0.4, -0.2) is 37.5 Å². The van der Waals surface area contributed by atoms with Crippen LogP contribution >= 0.6 is 0 Å². The van der Waals surface area contributed by atoms with Crippen molar-refractivity contribution < 1.29 is 14.3 Å². The molecule has 0 aliphatic rings. The number of carbonyl (C=O) groups is 2. The number of amides is 1. The van der Waals surface area contributed by atoms with Gasteiger partial charge in [-0.1, -0.05) is 19.1 Å². The van der Waals surface area contributed by atoms with E-state index in [-0.39, 0.29) is 12.5 Å². The van der Waals surface area contributed by atoms with Crippen molar-refractivity contribution in [2.75, 3.05) is 20.7 Å². The van der Waals surface area contributed by atoms with Gasteiger partial charge in [0.25, 0.3) is 5.91 Å². The molecule has 1 amide bonds. The van der Waals surface area contributed by atoms with Gasteiger partial charge in [-0.3, -0.25) is 9.59 Å². The van der Waals surface area contributed by atoms with Crippen molar-refractivity contribution in [3.8, 4) is 0 Å². The van der Waals surface area contributed by atoms with E-state index in [4.69, 9.17) is 0 Å². The van der Waals surface area contributed by atoms with E-state index in [0.717, 1.165) is 12.0 Å². The van der Waals surface area contributed by atoms with Crippen LogP contribution in [0.5, 0.6) is 0 Å². The van der Waals surface area contributed by atoms with E-state index in [9.17, 15) is 9.59 Å². The maximum atomic E-state index is 12.0. The van der Waals surface area contributed by atoms with Gasteiger partial charge in [-0.15, -0.1) is 0 Å². The molecular formula is C13H17NO3. The molecule has 0 saturated heterocycles. The second-order valence-corrected chi connectivity index (χ2v) is 3.79. The number of carbonyl (C=O) groups excluding carboxylic acids is 2. The Morgan fingerprint density at radius 2 is 2.06 bits per heavy atom. The Kier molecular flexibility index (Phi) is 4.69. The highest BCUT2D eigenvalue weighted by Gasteiger charge is 2.15. The summed E-state index contributed by atoms with van der Waals surface area (Å²) in [5.41, 5.74) is 1.69. The van der Waals surface area contributed by atoms with E-state index in [1.807, 2.05) is 25.1 Å². The number of rotatable bonds is 4. The van der Waals surface area contributed by atoms with Crippen molar-refractivity contribution in [3.05, 3.63) is 35.4 Å². The second-order valence-electron chi connectivity index (χ2n) is 3.79. The fourth-order valence-corrected chi connectivity index (χ4v) is 1.47. The second kappa shape index (κ2) is 6.03. The summed E-state index contributed by atoms with van der Waals surface area (Å²) in [4.78, 5) is 24.4. The molecule has 1 rings (SSSR count). The van der Waals surface area contributed by atoms with Crippen LogP contribution in [-0.2, 0) is 16.0 Å². The quantitative estimate of drug-likeness (QED) is 0.743. The van der Waals surface area contributed by atoms with Crippen molar-refractivity contribution in [1.82, 2.24) is 4.90 Å². The Bertz CT molecular complexity index is 415. The number of hydrogen-bond donors (Lipinski definition) is 0. The van der Waals surface area contributed by atoms with Gasteiger partial charge in [0.05, 0.1) is 7.11 Å². The van der Waals surface area contributed by atoms with Gasteiger partial charge in [0.2, 0.25) is 0 Å². The third-order valence-corrected chi connectivity index (χ3v) is 2.52. The van der Waals surface area contributed by atoms with Gasteiger partial charge in [-0.2, -0.15) is 0 Å². The number of benzene rings is 1. The first-order chi connectivity index (χ1) is 8.08. The maximum Gasteiger partial charge on any atom is 0.325 e. The fourth-order valence-electron chi connectivity index (χ4n) is 1.47.